The van der Waals surface area contributed by atoms with Crippen molar-refractivity contribution < 1.29 is 0 Å². The molecule has 19 heavy (non-hydrogen) atoms. The summed E-state index contributed by atoms with van der Waals surface area (Å²) in [6.07, 6.45) is 1.99. The number of fused-ring (bicyclic) bond motifs is 1. The Hall–Kier alpha value is -2.09. The van der Waals surface area contributed by atoms with Gasteiger partial charge in [-0.1, -0.05) is 42.5 Å². The third-order valence-electron chi connectivity index (χ3n) is 4.06. The third kappa shape index (κ3) is 1.75. The van der Waals surface area contributed by atoms with Crippen molar-refractivity contribution in [1.29, 1.82) is 0 Å². The zero-order valence-electron chi connectivity index (χ0n) is 11.6. The van der Waals surface area contributed by atoms with E-state index in [1.54, 1.807) is 0 Å². The van der Waals surface area contributed by atoms with Gasteiger partial charge in [0.25, 0.3) is 0 Å². The molecule has 1 heterocycles. The van der Waals surface area contributed by atoms with Crippen LogP contribution in [0.5, 0.6) is 0 Å². The van der Waals surface area contributed by atoms with E-state index in [4.69, 9.17) is 4.99 Å². The molecule has 0 aliphatic carbocycles. The van der Waals surface area contributed by atoms with Crippen LogP contribution in [0.1, 0.15) is 23.6 Å². The van der Waals surface area contributed by atoms with Gasteiger partial charge in [-0.3, -0.25) is 4.99 Å². The number of hydrogen-bond acceptors (Lipinski definition) is 2. The van der Waals surface area contributed by atoms with Gasteiger partial charge < -0.3 is 4.90 Å². The van der Waals surface area contributed by atoms with E-state index in [0.29, 0.717) is 0 Å². The monoisotopic (exact) mass is 250 g/mol. The lowest BCUT2D eigenvalue weighted by atomic mass is 9.93. The molecule has 3 rings (SSSR count). The standard InChI is InChI=1S/C17H18N2/c1-13-8-4-6-10-15(13)17(2)18-12-14-9-5-7-11-16(14)19(17)3/h4-12H,1-3H3. The molecule has 2 heteroatoms. The summed E-state index contributed by atoms with van der Waals surface area (Å²) in [6, 6.07) is 16.8. The second kappa shape index (κ2) is 4.23. The summed E-state index contributed by atoms with van der Waals surface area (Å²) in [5.74, 6) is 0. The third-order valence-corrected chi connectivity index (χ3v) is 4.06. The second-order valence-corrected chi connectivity index (χ2v) is 5.21. The van der Waals surface area contributed by atoms with Crippen LogP contribution in [-0.4, -0.2) is 13.3 Å². The SMILES string of the molecule is Cc1ccccc1C1(C)N=Cc2ccccc2N1C. The summed E-state index contributed by atoms with van der Waals surface area (Å²) in [5, 5.41) is 0. The zero-order chi connectivity index (χ0) is 13.5. The molecule has 0 spiro atoms. The Morgan fingerprint density at radius 1 is 1.00 bits per heavy atom. The van der Waals surface area contributed by atoms with Crippen LogP contribution in [0.15, 0.2) is 53.5 Å². The number of rotatable bonds is 1. The molecule has 96 valence electrons. The number of para-hydroxylation sites is 1. The van der Waals surface area contributed by atoms with E-state index < -0.39 is 0 Å². The number of hydrogen-bond donors (Lipinski definition) is 0. The topological polar surface area (TPSA) is 15.6 Å². The number of benzene rings is 2. The minimum absolute atomic E-state index is 0.334. The van der Waals surface area contributed by atoms with Gasteiger partial charge in [-0.05, 0) is 25.5 Å². The maximum absolute atomic E-state index is 4.82. The number of nitrogens with zero attached hydrogens (tertiary/aromatic N) is 2. The van der Waals surface area contributed by atoms with Crippen molar-refractivity contribution in [3.05, 3.63) is 65.2 Å². The molecule has 0 radical (unpaired) electrons. The van der Waals surface area contributed by atoms with Gasteiger partial charge >= 0.3 is 0 Å². The zero-order valence-corrected chi connectivity index (χ0v) is 11.6. The maximum atomic E-state index is 4.82. The second-order valence-electron chi connectivity index (χ2n) is 5.21. The average molecular weight is 250 g/mol. The minimum Gasteiger partial charge on any atom is -0.346 e. The van der Waals surface area contributed by atoms with E-state index >= 15 is 0 Å². The van der Waals surface area contributed by atoms with Gasteiger partial charge in [0, 0.05) is 30.1 Å². The van der Waals surface area contributed by atoms with E-state index in [0.717, 1.165) is 0 Å². The molecule has 1 aliphatic rings. The van der Waals surface area contributed by atoms with E-state index in [2.05, 4.69) is 74.3 Å². The molecule has 2 aromatic carbocycles. The molecule has 0 aromatic heterocycles. The van der Waals surface area contributed by atoms with Crippen LogP contribution in [-0.2, 0) is 5.66 Å². The van der Waals surface area contributed by atoms with Crippen LogP contribution >= 0.6 is 0 Å². The highest BCUT2D eigenvalue weighted by Crippen LogP contribution is 2.38. The normalized spacial score (nSPS) is 21.3. The van der Waals surface area contributed by atoms with Gasteiger partial charge in [0.05, 0.1) is 0 Å². The van der Waals surface area contributed by atoms with Crippen molar-refractivity contribution in [2.24, 2.45) is 4.99 Å². The molecule has 0 fully saturated rings. The summed E-state index contributed by atoms with van der Waals surface area (Å²) in [7, 11) is 2.11. The first-order valence-corrected chi connectivity index (χ1v) is 6.57. The van der Waals surface area contributed by atoms with E-state index in [1.807, 2.05) is 6.21 Å². The van der Waals surface area contributed by atoms with Crippen LogP contribution in [0, 0.1) is 6.92 Å². The Kier molecular flexibility index (Phi) is 2.67. The van der Waals surface area contributed by atoms with E-state index in [-0.39, 0.29) is 5.66 Å². The highest BCUT2D eigenvalue weighted by molar-refractivity contribution is 5.90. The molecule has 0 amide bonds. The van der Waals surface area contributed by atoms with Crippen LogP contribution in [0.25, 0.3) is 0 Å². The van der Waals surface area contributed by atoms with Gasteiger partial charge in [-0.25, -0.2) is 0 Å². The van der Waals surface area contributed by atoms with Gasteiger partial charge in [0.1, 0.15) is 0 Å². The molecule has 2 nitrogen and oxygen atoms in total. The van der Waals surface area contributed by atoms with Crippen LogP contribution in [0.2, 0.25) is 0 Å². The fraction of sp³-hybridized carbons (Fsp3) is 0.235. The molecule has 1 aliphatic heterocycles. The first-order chi connectivity index (χ1) is 9.13. The minimum atomic E-state index is -0.334. The van der Waals surface area contributed by atoms with Crippen LogP contribution < -0.4 is 4.90 Å². The number of aryl methyl sites for hydroxylation is 1. The lowest BCUT2D eigenvalue weighted by Crippen LogP contribution is -2.43. The molecule has 0 bridgehead atoms. The van der Waals surface area contributed by atoms with Crippen LogP contribution in [0.3, 0.4) is 0 Å². The highest BCUT2D eigenvalue weighted by Gasteiger charge is 2.34. The van der Waals surface area contributed by atoms with Crippen molar-refractivity contribution in [2.75, 3.05) is 11.9 Å². The molecule has 0 N–H and O–H groups in total. The number of aliphatic imine (C=N–C) groups is 1. The van der Waals surface area contributed by atoms with Crippen molar-refractivity contribution >= 4 is 11.9 Å². The Balaban J connectivity index is 2.16. The fourth-order valence-corrected chi connectivity index (χ4v) is 2.77. The van der Waals surface area contributed by atoms with Gasteiger partial charge in [0.15, 0.2) is 5.66 Å². The van der Waals surface area contributed by atoms with Gasteiger partial charge in [-0.2, -0.15) is 0 Å². The Morgan fingerprint density at radius 3 is 2.47 bits per heavy atom. The average Bonchev–Trinajstić information content (AvgIpc) is 2.44. The summed E-state index contributed by atoms with van der Waals surface area (Å²) < 4.78 is 0. The molecule has 1 atom stereocenters. The smallest absolute Gasteiger partial charge is 0.155 e. The van der Waals surface area contributed by atoms with E-state index in [1.165, 1.54) is 22.4 Å². The number of anilines is 1. The first-order valence-electron chi connectivity index (χ1n) is 6.57. The molecule has 2 aromatic rings. The Bertz CT molecular complexity index is 645. The van der Waals surface area contributed by atoms with Crippen molar-refractivity contribution in [3.8, 4) is 0 Å². The molecule has 1 unspecified atom stereocenters. The lowest BCUT2D eigenvalue weighted by Gasteiger charge is -2.41. The molecule has 0 saturated carbocycles. The predicted molar refractivity (Wildman–Crippen MR) is 81.0 cm³/mol. The Labute approximate surface area is 114 Å². The van der Waals surface area contributed by atoms with Gasteiger partial charge in [0.2, 0.25) is 0 Å². The largest absolute Gasteiger partial charge is 0.346 e. The highest BCUT2D eigenvalue weighted by atomic mass is 15.3. The maximum Gasteiger partial charge on any atom is 0.155 e. The molecular weight excluding hydrogens is 232 g/mol. The van der Waals surface area contributed by atoms with Crippen LogP contribution in [0.4, 0.5) is 5.69 Å². The van der Waals surface area contributed by atoms with Crippen molar-refractivity contribution in [1.82, 2.24) is 0 Å². The molecular formula is C17H18N2. The van der Waals surface area contributed by atoms with E-state index in [9.17, 15) is 0 Å². The summed E-state index contributed by atoms with van der Waals surface area (Å²) in [5.41, 5.74) is 4.59. The van der Waals surface area contributed by atoms with Gasteiger partial charge in [-0.15, -0.1) is 0 Å². The Morgan fingerprint density at radius 2 is 1.68 bits per heavy atom. The quantitative estimate of drug-likeness (QED) is 0.753. The fourth-order valence-electron chi connectivity index (χ4n) is 2.77. The summed E-state index contributed by atoms with van der Waals surface area (Å²) >= 11 is 0. The lowest BCUT2D eigenvalue weighted by molar-refractivity contribution is 0.483. The molecule has 0 saturated heterocycles. The summed E-state index contributed by atoms with van der Waals surface area (Å²) in [4.78, 5) is 7.07. The first kappa shape index (κ1) is 12.0. The van der Waals surface area contributed by atoms with Crippen molar-refractivity contribution in [3.63, 3.8) is 0 Å². The van der Waals surface area contributed by atoms with Crippen molar-refractivity contribution in [2.45, 2.75) is 19.5 Å². The predicted octanol–water partition coefficient (Wildman–Crippen LogP) is 3.74. The summed E-state index contributed by atoms with van der Waals surface area (Å²) in [6.45, 7) is 4.31.